The van der Waals surface area contributed by atoms with Gasteiger partial charge in [0.2, 0.25) is 0 Å². The Bertz CT molecular complexity index is 373. The summed E-state index contributed by atoms with van der Waals surface area (Å²) < 4.78 is 11.1. The number of epoxide rings is 1. The first-order valence-electron chi connectivity index (χ1n) is 6.62. The van der Waals surface area contributed by atoms with Crippen molar-refractivity contribution in [2.24, 2.45) is 0 Å². The highest BCUT2D eigenvalue weighted by molar-refractivity contribution is 5.35. The van der Waals surface area contributed by atoms with Crippen LogP contribution in [0.2, 0.25) is 0 Å². The van der Waals surface area contributed by atoms with E-state index in [2.05, 4.69) is 32.0 Å². The molecule has 0 radical (unpaired) electrons. The van der Waals surface area contributed by atoms with E-state index in [9.17, 15) is 0 Å². The lowest BCUT2D eigenvalue weighted by atomic mass is 10.0. The predicted molar refractivity (Wildman–Crippen MR) is 69.6 cm³/mol. The Kier molecular flexibility index (Phi) is 4.06. The smallest absolute Gasteiger partial charge is 0.119 e. The van der Waals surface area contributed by atoms with E-state index in [4.69, 9.17) is 9.47 Å². The van der Waals surface area contributed by atoms with Gasteiger partial charge >= 0.3 is 0 Å². The number of hydrogen-bond donors (Lipinski definition) is 0. The average molecular weight is 234 g/mol. The molecule has 0 saturated carbocycles. The van der Waals surface area contributed by atoms with Crippen molar-refractivity contribution in [3.8, 4) is 5.75 Å². The van der Waals surface area contributed by atoms with Gasteiger partial charge in [-0.3, -0.25) is 0 Å². The van der Waals surface area contributed by atoms with Gasteiger partial charge in [0.15, 0.2) is 0 Å². The van der Waals surface area contributed by atoms with Crippen LogP contribution in [0.25, 0.3) is 0 Å². The lowest BCUT2D eigenvalue weighted by Crippen LogP contribution is -1.98. The molecule has 1 aromatic rings. The first kappa shape index (κ1) is 12.4. The third kappa shape index (κ3) is 3.22. The average Bonchev–Trinajstić information content (AvgIpc) is 3.07. The number of aryl methyl sites for hydroxylation is 2. The SMILES string of the molecule is CCOc1ccc(CCC2OC2CC)c(C)c1. The zero-order chi connectivity index (χ0) is 12.3. The summed E-state index contributed by atoms with van der Waals surface area (Å²) >= 11 is 0. The summed E-state index contributed by atoms with van der Waals surface area (Å²) in [6, 6.07) is 6.38. The van der Waals surface area contributed by atoms with Crippen molar-refractivity contribution in [2.75, 3.05) is 6.61 Å². The zero-order valence-corrected chi connectivity index (χ0v) is 11.0. The topological polar surface area (TPSA) is 21.8 Å². The molecule has 0 N–H and O–H groups in total. The van der Waals surface area contributed by atoms with Crippen molar-refractivity contribution in [2.45, 2.75) is 52.2 Å². The van der Waals surface area contributed by atoms with Gasteiger partial charge in [-0.2, -0.15) is 0 Å². The first-order valence-corrected chi connectivity index (χ1v) is 6.62. The molecular weight excluding hydrogens is 212 g/mol. The second-order valence-corrected chi connectivity index (χ2v) is 4.68. The Hall–Kier alpha value is -1.02. The first-order chi connectivity index (χ1) is 8.24. The van der Waals surface area contributed by atoms with E-state index in [-0.39, 0.29) is 0 Å². The number of ether oxygens (including phenoxy) is 2. The Morgan fingerprint density at radius 3 is 2.65 bits per heavy atom. The molecule has 0 aromatic heterocycles. The fourth-order valence-electron chi connectivity index (χ4n) is 2.30. The molecule has 2 atom stereocenters. The quantitative estimate of drug-likeness (QED) is 0.703. The summed E-state index contributed by atoms with van der Waals surface area (Å²) in [7, 11) is 0. The monoisotopic (exact) mass is 234 g/mol. The highest BCUT2D eigenvalue weighted by atomic mass is 16.6. The predicted octanol–water partition coefficient (Wildman–Crippen LogP) is 3.50. The summed E-state index contributed by atoms with van der Waals surface area (Å²) in [6.45, 7) is 7.08. The zero-order valence-electron chi connectivity index (χ0n) is 11.0. The van der Waals surface area contributed by atoms with Crippen LogP contribution in [0.5, 0.6) is 5.75 Å². The van der Waals surface area contributed by atoms with E-state index < -0.39 is 0 Å². The summed E-state index contributed by atoms with van der Waals surface area (Å²) in [6.07, 6.45) is 4.43. The van der Waals surface area contributed by atoms with Crippen molar-refractivity contribution in [3.05, 3.63) is 29.3 Å². The maximum Gasteiger partial charge on any atom is 0.119 e. The van der Waals surface area contributed by atoms with Gasteiger partial charge < -0.3 is 9.47 Å². The van der Waals surface area contributed by atoms with Gasteiger partial charge in [-0.1, -0.05) is 13.0 Å². The molecule has 1 aliphatic heterocycles. The number of benzene rings is 1. The second kappa shape index (κ2) is 5.54. The molecule has 94 valence electrons. The van der Waals surface area contributed by atoms with Crippen LogP contribution in [0.4, 0.5) is 0 Å². The summed E-state index contributed by atoms with van der Waals surface area (Å²) in [5, 5.41) is 0. The van der Waals surface area contributed by atoms with Crippen LogP contribution in [0.15, 0.2) is 18.2 Å². The van der Waals surface area contributed by atoms with Crippen LogP contribution < -0.4 is 4.74 Å². The van der Waals surface area contributed by atoms with Gasteiger partial charge in [0.25, 0.3) is 0 Å². The highest BCUT2D eigenvalue weighted by Crippen LogP contribution is 2.30. The molecule has 1 saturated heterocycles. The summed E-state index contributed by atoms with van der Waals surface area (Å²) in [5.74, 6) is 0.975. The molecule has 0 bridgehead atoms. The molecule has 0 spiro atoms. The van der Waals surface area contributed by atoms with E-state index in [1.54, 1.807) is 0 Å². The molecule has 1 fully saturated rings. The van der Waals surface area contributed by atoms with Crippen molar-refractivity contribution in [3.63, 3.8) is 0 Å². The van der Waals surface area contributed by atoms with E-state index in [0.29, 0.717) is 12.2 Å². The fourth-order valence-corrected chi connectivity index (χ4v) is 2.30. The van der Waals surface area contributed by atoms with Crippen molar-refractivity contribution >= 4 is 0 Å². The molecule has 0 amide bonds. The van der Waals surface area contributed by atoms with Gasteiger partial charge in [-0.25, -0.2) is 0 Å². The molecule has 17 heavy (non-hydrogen) atoms. The maximum absolute atomic E-state index is 5.57. The molecule has 2 rings (SSSR count). The molecule has 2 nitrogen and oxygen atoms in total. The normalized spacial score (nSPS) is 22.5. The minimum atomic E-state index is 0.506. The fraction of sp³-hybridized carbons (Fsp3) is 0.600. The van der Waals surface area contributed by atoms with Crippen molar-refractivity contribution < 1.29 is 9.47 Å². The van der Waals surface area contributed by atoms with E-state index in [1.165, 1.54) is 11.1 Å². The van der Waals surface area contributed by atoms with Gasteiger partial charge in [0.05, 0.1) is 18.8 Å². The minimum absolute atomic E-state index is 0.506. The van der Waals surface area contributed by atoms with Gasteiger partial charge in [-0.05, 0) is 56.4 Å². The van der Waals surface area contributed by atoms with Crippen LogP contribution in [0.1, 0.15) is 37.8 Å². The Morgan fingerprint density at radius 1 is 1.24 bits per heavy atom. The van der Waals surface area contributed by atoms with E-state index in [0.717, 1.165) is 31.6 Å². The lowest BCUT2D eigenvalue weighted by Gasteiger charge is -2.08. The lowest BCUT2D eigenvalue weighted by molar-refractivity contribution is 0.340. The molecule has 1 heterocycles. The molecule has 0 aliphatic carbocycles. The van der Waals surface area contributed by atoms with Crippen LogP contribution in [-0.4, -0.2) is 18.8 Å². The summed E-state index contributed by atoms with van der Waals surface area (Å²) in [5.41, 5.74) is 2.74. The van der Waals surface area contributed by atoms with Crippen molar-refractivity contribution in [1.29, 1.82) is 0 Å². The molecule has 1 aliphatic rings. The standard InChI is InChI=1S/C15H22O2/c1-4-14-15(17-14)9-7-12-6-8-13(16-5-2)10-11(12)3/h6,8,10,14-15H,4-5,7,9H2,1-3H3. The molecule has 1 aromatic carbocycles. The molecular formula is C15H22O2. The van der Waals surface area contributed by atoms with Crippen LogP contribution in [0, 0.1) is 6.92 Å². The van der Waals surface area contributed by atoms with Gasteiger partial charge in [-0.15, -0.1) is 0 Å². The van der Waals surface area contributed by atoms with Crippen molar-refractivity contribution in [1.82, 2.24) is 0 Å². The second-order valence-electron chi connectivity index (χ2n) is 4.68. The third-order valence-corrected chi connectivity index (χ3v) is 3.41. The third-order valence-electron chi connectivity index (χ3n) is 3.41. The minimum Gasteiger partial charge on any atom is -0.494 e. The molecule has 2 heteroatoms. The van der Waals surface area contributed by atoms with E-state index >= 15 is 0 Å². The Labute approximate surface area is 104 Å². The summed E-state index contributed by atoms with van der Waals surface area (Å²) in [4.78, 5) is 0. The number of hydrogen-bond acceptors (Lipinski definition) is 2. The Balaban J connectivity index is 1.88. The van der Waals surface area contributed by atoms with Gasteiger partial charge in [0.1, 0.15) is 5.75 Å². The van der Waals surface area contributed by atoms with Crippen LogP contribution in [-0.2, 0) is 11.2 Å². The Morgan fingerprint density at radius 2 is 2.06 bits per heavy atom. The van der Waals surface area contributed by atoms with Crippen LogP contribution >= 0.6 is 0 Å². The molecule has 2 unspecified atom stereocenters. The maximum atomic E-state index is 5.57. The van der Waals surface area contributed by atoms with E-state index in [1.807, 2.05) is 6.92 Å². The van der Waals surface area contributed by atoms with Crippen LogP contribution in [0.3, 0.4) is 0 Å². The number of rotatable bonds is 6. The van der Waals surface area contributed by atoms with Gasteiger partial charge in [0, 0.05) is 0 Å². The largest absolute Gasteiger partial charge is 0.494 e. The highest BCUT2D eigenvalue weighted by Gasteiger charge is 2.36.